The van der Waals surface area contributed by atoms with Crippen molar-refractivity contribution in [2.75, 3.05) is 18.5 Å². The Morgan fingerprint density at radius 1 is 1.11 bits per heavy atom. The van der Waals surface area contributed by atoms with Crippen molar-refractivity contribution in [3.05, 3.63) is 77.2 Å². The highest BCUT2D eigenvalue weighted by atomic mass is 19.1. The second-order valence-corrected chi connectivity index (χ2v) is 6.58. The highest BCUT2D eigenvalue weighted by molar-refractivity contribution is 5.43. The summed E-state index contributed by atoms with van der Waals surface area (Å²) < 4.78 is 19.5. The summed E-state index contributed by atoms with van der Waals surface area (Å²) in [5.74, 6) is 1.17. The zero-order valence-corrected chi connectivity index (χ0v) is 15.2. The summed E-state index contributed by atoms with van der Waals surface area (Å²) >= 11 is 0. The van der Waals surface area contributed by atoms with E-state index in [0.29, 0.717) is 30.7 Å². The molecular weight excluding hydrogens is 343 g/mol. The van der Waals surface area contributed by atoms with E-state index in [9.17, 15) is 4.39 Å². The van der Waals surface area contributed by atoms with Crippen molar-refractivity contribution in [3.63, 3.8) is 0 Å². The number of nitrogens with one attached hydrogen (secondary N) is 1. The molecule has 1 aliphatic rings. The molecule has 0 aliphatic carbocycles. The maximum absolute atomic E-state index is 13.5. The maximum atomic E-state index is 13.5. The number of benzene rings is 2. The summed E-state index contributed by atoms with van der Waals surface area (Å²) in [5.41, 5.74) is 3.09. The van der Waals surface area contributed by atoms with Gasteiger partial charge in [-0.1, -0.05) is 36.4 Å². The number of hydrogen-bond acceptors (Lipinski definition) is 5. The summed E-state index contributed by atoms with van der Waals surface area (Å²) in [6.07, 6.45) is 0.809. The Morgan fingerprint density at radius 3 is 2.78 bits per heavy atom. The molecule has 0 spiro atoms. The van der Waals surface area contributed by atoms with Crippen LogP contribution in [0.4, 0.5) is 10.3 Å². The lowest BCUT2D eigenvalue weighted by Gasteiger charge is -2.23. The Kier molecular flexibility index (Phi) is 4.98. The summed E-state index contributed by atoms with van der Waals surface area (Å²) in [7, 11) is 1.96. The summed E-state index contributed by atoms with van der Waals surface area (Å²) in [6, 6.07) is 16.3. The molecule has 1 aliphatic heterocycles. The molecule has 2 heterocycles. The predicted molar refractivity (Wildman–Crippen MR) is 102 cm³/mol. The normalized spacial score (nSPS) is 13.1. The number of nitrogens with zero attached hydrogens (tertiary/aromatic N) is 3. The van der Waals surface area contributed by atoms with Gasteiger partial charge < -0.3 is 15.0 Å². The zero-order chi connectivity index (χ0) is 18.6. The van der Waals surface area contributed by atoms with Crippen molar-refractivity contribution >= 4 is 5.95 Å². The fourth-order valence-electron chi connectivity index (χ4n) is 3.12. The quantitative estimate of drug-likeness (QED) is 0.748. The van der Waals surface area contributed by atoms with Crippen LogP contribution in [-0.4, -0.2) is 23.6 Å². The Bertz CT molecular complexity index is 933. The molecular formula is C21H21FN4O. The highest BCUT2D eigenvalue weighted by Gasteiger charge is 2.21. The maximum Gasteiger partial charge on any atom is 0.228 e. The van der Waals surface area contributed by atoms with Crippen LogP contribution in [0, 0.1) is 5.82 Å². The van der Waals surface area contributed by atoms with Crippen LogP contribution >= 0.6 is 0 Å². The van der Waals surface area contributed by atoms with Crippen LogP contribution in [-0.2, 0) is 19.5 Å². The molecule has 4 rings (SSSR count). The molecule has 1 aromatic heterocycles. The van der Waals surface area contributed by atoms with Crippen molar-refractivity contribution in [1.29, 1.82) is 0 Å². The summed E-state index contributed by atoms with van der Waals surface area (Å²) in [6.45, 7) is 2.20. The van der Waals surface area contributed by atoms with Gasteiger partial charge in [0.05, 0.1) is 11.3 Å². The summed E-state index contributed by atoms with van der Waals surface area (Å²) in [4.78, 5) is 11.4. The Balaban J connectivity index is 1.66. The Hall–Kier alpha value is -2.99. The molecule has 0 saturated carbocycles. The van der Waals surface area contributed by atoms with Gasteiger partial charge in [-0.2, -0.15) is 4.98 Å². The van der Waals surface area contributed by atoms with E-state index >= 15 is 0 Å². The predicted octanol–water partition coefficient (Wildman–Crippen LogP) is 3.69. The van der Waals surface area contributed by atoms with E-state index in [1.807, 2.05) is 30.1 Å². The molecule has 6 heteroatoms. The van der Waals surface area contributed by atoms with Gasteiger partial charge in [-0.25, -0.2) is 9.37 Å². The fraction of sp³-hybridized carbons (Fsp3) is 0.238. The van der Waals surface area contributed by atoms with Crippen LogP contribution in [0.5, 0.6) is 11.6 Å². The molecule has 0 saturated heterocycles. The minimum Gasteiger partial charge on any atom is -0.438 e. The number of ether oxygens (including phenoxy) is 1. The first-order valence-electron chi connectivity index (χ1n) is 8.98. The molecule has 0 unspecified atom stereocenters. The van der Waals surface area contributed by atoms with Gasteiger partial charge in [0.25, 0.3) is 0 Å². The zero-order valence-electron chi connectivity index (χ0n) is 15.2. The molecule has 0 radical (unpaired) electrons. The first kappa shape index (κ1) is 17.4. The van der Waals surface area contributed by atoms with Crippen LogP contribution in [0.25, 0.3) is 0 Å². The van der Waals surface area contributed by atoms with E-state index in [4.69, 9.17) is 9.72 Å². The summed E-state index contributed by atoms with van der Waals surface area (Å²) in [5, 5.41) is 3.32. The SMILES string of the molecule is CN(Cc1ccccc1)c1nc2c(c(Oc3cccc(F)c3)n1)CNCC2. The second-order valence-electron chi connectivity index (χ2n) is 6.58. The van der Waals surface area contributed by atoms with Gasteiger partial charge in [0.2, 0.25) is 11.8 Å². The van der Waals surface area contributed by atoms with Gasteiger partial charge in [0, 0.05) is 39.2 Å². The number of fused-ring (bicyclic) bond motifs is 1. The van der Waals surface area contributed by atoms with Crippen LogP contribution in [0.3, 0.4) is 0 Å². The van der Waals surface area contributed by atoms with Crippen molar-refractivity contribution in [2.24, 2.45) is 0 Å². The molecule has 138 valence electrons. The van der Waals surface area contributed by atoms with Gasteiger partial charge in [-0.05, 0) is 17.7 Å². The lowest BCUT2D eigenvalue weighted by atomic mass is 10.1. The average molecular weight is 364 g/mol. The first-order valence-corrected chi connectivity index (χ1v) is 8.98. The van der Waals surface area contributed by atoms with Crippen molar-refractivity contribution in [3.8, 4) is 11.6 Å². The van der Waals surface area contributed by atoms with E-state index in [1.54, 1.807) is 12.1 Å². The molecule has 1 N–H and O–H groups in total. The lowest BCUT2D eigenvalue weighted by molar-refractivity contribution is 0.440. The van der Waals surface area contributed by atoms with Crippen molar-refractivity contribution in [2.45, 2.75) is 19.5 Å². The average Bonchev–Trinajstić information content (AvgIpc) is 2.69. The largest absolute Gasteiger partial charge is 0.438 e. The molecule has 27 heavy (non-hydrogen) atoms. The van der Waals surface area contributed by atoms with E-state index in [0.717, 1.165) is 24.2 Å². The number of aromatic nitrogens is 2. The van der Waals surface area contributed by atoms with E-state index < -0.39 is 0 Å². The second kappa shape index (κ2) is 7.72. The van der Waals surface area contributed by atoms with Crippen LogP contribution in [0.2, 0.25) is 0 Å². The molecule has 0 atom stereocenters. The van der Waals surface area contributed by atoms with E-state index in [2.05, 4.69) is 22.4 Å². The third kappa shape index (κ3) is 4.06. The molecule has 3 aromatic rings. The Labute approximate surface area is 157 Å². The van der Waals surface area contributed by atoms with Crippen molar-refractivity contribution in [1.82, 2.24) is 15.3 Å². The standard InChI is InChI=1S/C21H21FN4O/c1-26(14-15-6-3-2-4-7-15)21-24-19-10-11-23-13-18(19)20(25-21)27-17-9-5-8-16(22)12-17/h2-9,12,23H,10-11,13-14H2,1H3. The minimum atomic E-state index is -0.338. The van der Waals surface area contributed by atoms with Crippen LogP contribution in [0.1, 0.15) is 16.8 Å². The van der Waals surface area contributed by atoms with Crippen LogP contribution < -0.4 is 15.0 Å². The number of anilines is 1. The van der Waals surface area contributed by atoms with Gasteiger partial charge >= 0.3 is 0 Å². The van der Waals surface area contributed by atoms with Gasteiger partial charge in [0.15, 0.2) is 0 Å². The van der Waals surface area contributed by atoms with E-state index in [1.165, 1.54) is 17.7 Å². The Morgan fingerprint density at radius 2 is 1.96 bits per heavy atom. The molecule has 0 amide bonds. The molecule has 0 bridgehead atoms. The minimum absolute atomic E-state index is 0.338. The smallest absolute Gasteiger partial charge is 0.228 e. The van der Waals surface area contributed by atoms with Crippen LogP contribution in [0.15, 0.2) is 54.6 Å². The topological polar surface area (TPSA) is 50.3 Å². The number of rotatable bonds is 5. The molecule has 5 nitrogen and oxygen atoms in total. The number of halogens is 1. The molecule has 2 aromatic carbocycles. The third-order valence-electron chi connectivity index (χ3n) is 4.50. The monoisotopic (exact) mass is 364 g/mol. The van der Waals surface area contributed by atoms with Crippen molar-refractivity contribution < 1.29 is 9.13 Å². The first-order chi connectivity index (χ1) is 13.2. The highest BCUT2D eigenvalue weighted by Crippen LogP contribution is 2.29. The van der Waals surface area contributed by atoms with Gasteiger partial charge in [-0.3, -0.25) is 0 Å². The van der Waals surface area contributed by atoms with Gasteiger partial charge in [-0.15, -0.1) is 0 Å². The third-order valence-corrected chi connectivity index (χ3v) is 4.50. The lowest BCUT2D eigenvalue weighted by Crippen LogP contribution is -2.27. The van der Waals surface area contributed by atoms with E-state index in [-0.39, 0.29) is 5.82 Å². The molecule has 0 fully saturated rings. The van der Waals surface area contributed by atoms with Gasteiger partial charge in [0.1, 0.15) is 11.6 Å². The number of hydrogen-bond donors (Lipinski definition) is 1. The fourth-order valence-corrected chi connectivity index (χ4v) is 3.12.